The van der Waals surface area contributed by atoms with Crippen LogP contribution in [0.1, 0.15) is 19.8 Å². The minimum Gasteiger partial charge on any atom is -0.463 e. The first kappa shape index (κ1) is 17.0. The van der Waals surface area contributed by atoms with Gasteiger partial charge in [-0.05, 0) is 31.9 Å². The number of nitrogens with zero attached hydrogens (tertiary/aromatic N) is 3. The highest BCUT2D eigenvalue weighted by Gasteiger charge is 2.29. The number of para-hydroxylation sites is 1. The van der Waals surface area contributed by atoms with Crippen molar-refractivity contribution in [1.82, 2.24) is 14.7 Å². The predicted molar refractivity (Wildman–Crippen MR) is 92.2 cm³/mol. The normalized spacial score (nSPS) is 16.4. The van der Waals surface area contributed by atoms with Crippen LogP contribution in [-0.2, 0) is 9.59 Å². The number of hydrogen-bond acceptors (Lipinski definition) is 4. The second kappa shape index (κ2) is 7.38. The molecule has 0 radical (unpaired) electrons. The van der Waals surface area contributed by atoms with Gasteiger partial charge in [0.15, 0.2) is 6.10 Å². The molecule has 25 heavy (non-hydrogen) atoms. The summed E-state index contributed by atoms with van der Waals surface area (Å²) in [7, 11) is 0. The number of likely N-dealkylation sites (tertiary alicyclic amines) is 1. The fourth-order valence-electron chi connectivity index (χ4n) is 2.97. The van der Waals surface area contributed by atoms with Crippen molar-refractivity contribution in [2.45, 2.75) is 25.9 Å². The molecule has 1 aliphatic rings. The number of benzene rings is 1. The van der Waals surface area contributed by atoms with Crippen LogP contribution < -0.4 is 10.5 Å². The van der Waals surface area contributed by atoms with Crippen LogP contribution in [-0.4, -0.2) is 45.7 Å². The molecule has 1 aromatic heterocycles. The fraction of sp³-hybridized carbons (Fsp3) is 0.389. The van der Waals surface area contributed by atoms with Crippen LogP contribution in [0.5, 0.6) is 5.88 Å². The van der Waals surface area contributed by atoms with E-state index in [-0.39, 0.29) is 17.7 Å². The van der Waals surface area contributed by atoms with Gasteiger partial charge in [-0.1, -0.05) is 18.2 Å². The minimum atomic E-state index is -0.635. The zero-order chi connectivity index (χ0) is 17.8. The third-order valence-electron chi connectivity index (χ3n) is 4.44. The first-order chi connectivity index (χ1) is 12.0. The zero-order valence-electron chi connectivity index (χ0n) is 14.2. The number of carbonyl (C=O) groups is 2. The lowest BCUT2D eigenvalue weighted by molar-refractivity contribution is -0.140. The number of hydrogen-bond donors (Lipinski definition) is 1. The average Bonchev–Trinajstić information content (AvgIpc) is 3.10. The minimum absolute atomic E-state index is 0.0998. The summed E-state index contributed by atoms with van der Waals surface area (Å²) in [5.41, 5.74) is 6.24. The Balaban J connectivity index is 1.57. The molecule has 7 heteroatoms. The lowest BCUT2D eigenvalue weighted by atomic mass is 9.96. The van der Waals surface area contributed by atoms with E-state index in [9.17, 15) is 9.59 Å². The molecule has 2 amide bonds. The van der Waals surface area contributed by atoms with Crippen LogP contribution in [0.3, 0.4) is 0 Å². The van der Waals surface area contributed by atoms with Crippen LogP contribution >= 0.6 is 0 Å². The van der Waals surface area contributed by atoms with E-state index in [1.54, 1.807) is 28.8 Å². The second-order valence-electron chi connectivity index (χ2n) is 6.20. The molecule has 0 spiro atoms. The van der Waals surface area contributed by atoms with E-state index in [0.717, 1.165) is 5.69 Å². The summed E-state index contributed by atoms with van der Waals surface area (Å²) in [6.07, 6.45) is 2.37. The Morgan fingerprint density at radius 3 is 2.52 bits per heavy atom. The van der Waals surface area contributed by atoms with Gasteiger partial charge in [-0.25, -0.2) is 4.68 Å². The molecular weight excluding hydrogens is 320 g/mol. The molecule has 0 bridgehead atoms. The number of nitrogens with two attached hydrogens (primary N) is 1. The number of primary amides is 1. The van der Waals surface area contributed by atoms with Crippen LogP contribution in [0.15, 0.2) is 42.6 Å². The topological polar surface area (TPSA) is 90.5 Å². The van der Waals surface area contributed by atoms with Gasteiger partial charge in [0.2, 0.25) is 11.8 Å². The highest BCUT2D eigenvalue weighted by molar-refractivity contribution is 5.81. The molecule has 1 saturated heterocycles. The van der Waals surface area contributed by atoms with Gasteiger partial charge in [0, 0.05) is 31.3 Å². The van der Waals surface area contributed by atoms with Gasteiger partial charge in [0.05, 0.1) is 5.69 Å². The molecule has 0 aliphatic carbocycles. The molecule has 7 nitrogen and oxygen atoms in total. The molecule has 1 fully saturated rings. The number of amides is 2. The van der Waals surface area contributed by atoms with Gasteiger partial charge in [-0.2, -0.15) is 0 Å². The predicted octanol–water partition coefficient (Wildman–Crippen LogP) is 1.36. The highest BCUT2D eigenvalue weighted by atomic mass is 16.5. The monoisotopic (exact) mass is 342 g/mol. The Kier molecular flexibility index (Phi) is 5.02. The molecule has 1 aliphatic heterocycles. The maximum Gasteiger partial charge on any atom is 0.263 e. The summed E-state index contributed by atoms with van der Waals surface area (Å²) in [6.45, 7) is 2.77. The van der Waals surface area contributed by atoms with Gasteiger partial charge in [-0.15, -0.1) is 5.10 Å². The quantitative estimate of drug-likeness (QED) is 0.888. The van der Waals surface area contributed by atoms with E-state index < -0.39 is 6.10 Å². The maximum atomic E-state index is 12.5. The van der Waals surface area contributed by atoms with Gasteiger partial charge in [-0.3, -0.25) is 9.59 Å². The van der Waals surface area contributed by atoms with Crippen LogP contribution in [0.4, 0.5) is 0 Å². The van der Waals surface area contributed by atoms with E-state index in [0.29, 0.717) is 31.8 Å². The molecule has 2 N–H and O–H groups in total. The third kappa shape index (κ3) is 3.99. The molecule has 132 valence electrons. The Morgan fingerprint density at radius 1 is 1.20 bits per heavy atom. The molecule has 1 unspecified atom stereocenters. The lowest BCUT2D eigenvalue weighted by Gasteiger charge is -2.32. The summed E-state index contributed by atoms with van der Waals surface area (Å²) in [5.74, 6) is -0.126. The first-order valence-electron chi connectivity index (χ1n) is 8.40. The Morgan fingerprint density at radius 2 is 1.88 bits per heavy atom. The number of piperidine rings is 1. The number of aromatic nitrogens is 2. The molecule has 2 heterocycles. The van der Waals surface area contributed by atoms with Gasteiger partial charge in [0.25, 0.3) is 5.91 Å². The van der Waals surface area contributed by atoms with Crippen molar-refractivity contribution in [2.75, 3.05) is 13.1 Å². The standard InChI is InChI=1S/C18H22N4O3/c1-13(18(24)21-10-7-14(8-11-21)17(19)23)25-16-9-12-22(20-16)15-5-3-2-4-6-15/h2-6,9,12-14H,7-8,10-11H2,1H3,(H2,19,23). The molecule has 0 saturated carbocycles. The maximum absolute atomic E-state index is 12.5. The van der Waals surface area contributed by atoms with Crippen LogP contribution in [0.2, 0.25) is 0 Å². The Bertz CT molecular complexity index is 736. The summed E-state index contributed by atoms with van der Waals surface area (Å²) < 4.78 is 7.39. The number of carbonyl (C=O) groups excluding carboxylic acids is 2. The average molecular weight is 342 g/mol. The van der Waals surface area contributed by atoms with Crippen LogP contribution in [0.25, 0.3) is 5.69 Å². The Hall–Kier alpha value is -2.83. The van der Waals surface area contributed by atoms with Crippen LogP contribution in [0, 0.1) is 5.92 Å². The van der Waals surface area contributed by atoms with Crippen molar-refractivity contribution in [3.05, 3.63) is 42.6 Å². The Labute approximate surface area is 146 Å². The summed E-state index contributed by atoms with van der Waals surface area (Å²) >= 11 is 0. The van der Waals surface area contributed by atoms with Crippen molar-refractivity contribution < 1.29 is 14.3 Å². The number of ether oxygens (including phenoxy) is 1. The first-order valence-corrected chi connectivity index (χ1v) is 8.40. The SMILES string of the molecule is CC(Oc1ccn(-c2ccccc2)n1)C(=O)N1CCC(C(N)=O)CC1. The smallest absolute Gasteiger partial charge is 0.263 e. The van der Waals surface area contributed by atoms with Crippen molar-refractivity contribution in [3.63, 3.8) is 0 Å². The van der Waals surface area contributed by atoms with E-state index >= 15 is 0 Å². The lowest BCUT2D eigenvalue weighted by Crippen LogP contribution is -2.46. The van der Waals surface area contributed by atoms with E-state index in [2.05, 4.69) is 5.10 Å². The largest absolute Gasteiger partial charge is 0.463 e. The molecule has 3 rings (SSSR count). The molecular formula is C18H22N4O3. The summed E-state index contributed by atoms with van der Waals surface area (Å²) in [4.78, 5) is 25.4. The van der Waals surface area contributed by atoms with Gasteiger partial charge >= 0.3 is 0 Å². The van der Waals surface area contributed by atoms with Gasteiger partial charge in [0.1, 0.15) is 0 Å². The van der Waals surface area contributed by atoms with Gasteiger partial charge < -0.3 is 15.4 Å². The molecule has 2 aromatic rings. The van der Waals surface area contributed by atoms with Crippen molar-refractivity contribution in [3.8, 4) is 11.6 Å². The van der Waals surface area contributed by atoms with Crippen molar-refractivity contribution in [2.24, 2.45) is 11.7 Å². The van der Waals surface area contributed by atoms with E-state index in [1.165, 1.54) is 0 Å². The van der Waals surface area contributed by atoms with Crippen molar-refractivity contribution in [1.29, 1.82) is 0 Å². The molecule has 1 atom stereocenters. The fourth-order valence-corrected chi connectivity index (χ4v) is 2.97. The van der Waals surface area contributed by atoms with Crippen molar-refractivity contribution >= 4 is 11.8 Å². The van der Waals surface area contributed by atoms with E-state index in [1.807, 2.05) is 30.3 Å². The number of rotatable bonds is 5. The second-order valence-corrected chi connectivity index (χ2v) is 6.20. The summed E-state index contributed by atoms with van der Waals surface area (Å²) in [6, 6.07) is 11.4. The highest BCUT2D eigenvalue weighted by Crippen LogP contribution is 2.19. The zero-order valence-corrected chi connectivity index (χ0v) is 14.2. The third-order valence-corrected chi connectivity index (χ3v) is 4.44. The summed E-state index contributed by atoms with van der Waals surface area (Å²) in [5, 5.41) is 4.35. The van der Waals surface area contributed by atoms with E-state index in [4.69, 9.17) is 10.5 Å². The molecule has 1 aromatic carbocycles.